The van der Waals surface area contributed by atoms with Crippen LogP contribution in [0.25, 0.3) is 5.69 Å². The number of hydrogen-bond donors (Lipinski definition) is 1. The van der Waals surface area contributed by atoms with E-state index in [2.05, 4.69) is 4.98 Å². The van der Waals surface area contributed by atoms with Gasteiger partial charge in [-0.3, -0.25) is 9.36 Å². The van der Waals surface area contributed by atoms with Crippen LogP contribution >= 0.6 is 0 Å². The van der Waals surface area contributed by atoms with E-state index in [-0.39, 0.29) is 22.8 Å². The summed E-state index contributed by atoms with van der Waals surface area (Å²) in [6.07, 6.45) is 1.28. The average Bonchev–Trinajstić information content (AvgIpc) is 2.94. The van der Waals surface area contributed by atoms with Crippen LogP contribution in [0.2, 0.25) is 0 Å². The molecule has 1 aromatic carbocycles. The van der Waals surface area contributed by atoms with E-state index in [9.17, 15) is 23.1 Å². The van der Waals surface area contributed by atoms with Gasteiger partial charge >= 0.3 is 5.97 Å². The van der Waals surface area contributed by atoms with Crippen LogP contribution in [0.5, 0.6) is 0 Å². The van der Waals surface area contributed by atoms with Gasteiger partial charge in [0, 0.05) is 14.1 Å². The first-order chi connectivity index (χ1) is 11.7. The molecule has 0 fully saturated rings. The third-order valence-electron chi connectivity index (χ3n) is 3.95. The molecule has 2 aromatic rings. The van der Waals surface area contributed by atoms with Gasteiger partial charge < -0.3 is 10.0 Å². The van der Waals surface area contributed by atoms with Crippen molar-refractivity contribution in [1.29, 1.82) is 0 Å². The minimum absolute atomic E-state index is 0.00496. The quantitative estimate of drug-likeness (QED) is 0.830. The topological polar surface area (TPSA) is 113 Å². The fraction of sp³-hybridized carbons (Fsp3) is 0.267. The molecule has 2 heterocycles. The average molecular weight is 364 g/mol. The second-order valence-corrected chi connectivity index (χ2v) is 7.65. The number of aromatic nitrogens is 2. The van der Waals surface area contributed by atoms with Gasteiger partial charge in [0.15, 0.2) is 5.69 Å². The SMILES string of the molecule is CN(C)C(=O)CN1Cc2c(C(=O)O)ncn2-c2ccccc2S1(=O)=O. The van der Waals surface area contributed by atoms with E-state index in [1.165, 1.54) is 36.0 Å². The van der Waals surface area contributed by atoms with Crippen molar-refractivity contribution in [2.75, 3.05) is 20.6 Å². The number of carboxylic acids is 1. The van der Waals surface area contributed by atoms with Crippen LogP contribution in [-0.2, 0) is 21.4 Å². The molecule has 132 valence electrons. The highest BCUT2D eigenvalue weighted by Crippen LogP contribution is 2.31. The third kappa shape index (κ3) is 2.79. The lowest BCUT2D eigenvalue weighted by Gasteiger charge is -2.21. The van der Waals surface area contributed by atoms with E-state index in [1.54, 1.807) is 18.2 Å². The zero-order valence-electron chi connectivity index (χ0n) is 13.6. The third-order valence-corrected chi connectivity index (χ3v) is 5.79. The summed E-state index contributed by atoms with van der Waals surface area (Å²) < 4.78 is 28.4. The number of likely N-dealkylation sites (N-methyl/N-ethyl adjacent to an activating group) is 1. The number of para-hydroxylation sites is 1. The normalized spacial score (nSPS) is 15.8. The molecule has 9 nitrogen and oxygen atoms in total. The first kappa shape index (κ1) is 17.1. The van der Waals surface area contributed by atoms with Crippen molar-refractivity contribution < 1.29 is 23.1 Å². The van der Waals surface area contributed by atoms with E-state index in [1.807, 2.05) is 0 Å². The molecule has 0 saturated heterocycles. The van der Waals surface area contributed by atoms with Gasteiger partial charge in [0.2, 0.25) is 15.9 Å². The summed E-state index contributed by atoms with van der Waals surface area (Å²) in [7, 11) is -0.941. The summed E-state index contributed by atoms with van der Waals surface area (Å²) in [5, 5.41) is 9.34. The molecule has 0 unspecified atom stereocenters. The molecule has 25 heavy (non-hydrogen) atoms. The number of sulfonamides is 1. The Bertz CT molecular complexity index is 964. The molecule has 0 saturated carbocycles. The van der Waals surface area contributed by atoms with Crippen molar-refractivity contribution in [1.82, 2.24) is 18.8 Å². The Morgan fingerprint density at radius 2 is 1.96 bits per heavy atom. The van der Waals surface area contributed by atoms with Crippen LogP contribution in [0.3, 0.4) is 0 Å². The molecule has 1 N–H and O–H groups in total. The largest absolute Gasteiger partial charge is 0.476 e. The summed E-state index contributed by atoms with van der Waals surface area (Å²) in [5.41, 5.74) is 0.263. The smallest absolute Gasteiger partial charge is 0.356 e. The molecular formula is C15H16N4O5S. The molecule has 10 heteroatoms. The first-order valence-electron chi connectivity index (χ1n) is 7.32. The molecule has 1 aliphatic heterocycles. The molecule has 1 aromatic heterocycles. The number of amides is 1. The van der Waals surface area contributed by atoms with Crippen molar-refractivity contribution in [3.8, 4) is 5.69 Å². The van der Waals surface area contributed by atoms with E-state index in [0.29, 0.717) is 5.69 Å². The predicted molar refractivity (Wildman–Crippen MR) is 86.8 cm³/mol. The highest BCUT2D eigenvalue weighted by molar-refractivity contribution is 7.89. The van der Waals surface area contributed by atoms with Crippen molar-refractivity contribution in [2.45, 2.75) is 11.4 Å². The van der Waals surface area contributed by atoms with Crippen molar-refractivity contribution in [2.24, 2.45) is 0 Å². The van der Waals surface area contributed by atoms with Gasteiger partial charge in [-0.25, -0.2) is 18.2 Å². The Morgan fingerprint density at radius 1 is 1.28 bits per heavy atom. The maximum absolute atomic E-state index is 13.0. The number of carbonyl (C=O) groups excluding carboxylic acids is 1. The number of imidazole rings is 1. The van der Waals surface area contributed by atoms with Crippen LogP contribution in [0.4, 0.5) is 0 Å². The van der Waals surface area contributed by atoms with Crippen molar-refractivity contribution >= 4 is 21.9 Å². The number of carboxylic acid groups (broad SMARTS) is 1. The number of nitrogens with zero attached hydrogens (tertiary/aromatic N) is 4. The van der Waals surface area contributed by atoms with Crippen LogP contribution in [0.15, 0.2) is 35.5 Å². The van der Waals surface area contributed by atoms with Crippen LogP contribution in [0.1, 0.15) is 16.2 Å². The molecule has 1 amide bonds. The molecule has 1 aliphatic rings. The predicted octanol–water partition coefficient (Wildman–Crippen LogP) is 0.163. The number of carbonyl (C=O) groups is 2. The Labute approximate surface area is 144 Å². The molecule has 0 bridgehead atoms. The van der Waals surface area contributed by atoms with Gasteiger partial charge in [0.1, 0.15) is 11.2 Å². The second kappa shape index (κ2) is 5.97. The van der Waals surface area contributed by atoms with Gasteiger partial charge in [-0.05, 0) is 12.1 Å². The van der Waals surface area contributed by atoms with E-state index in [0.717, 1.165) is 4.31 Å². The lowest BCUT2D eigenvalue weighted by molar-refractivity contribution is -0.128. The standard InChI is InChI=1S/C15H16N4O5S/c1-17(2)13(20)8-18-7-11-14(15(21)22)16-9-19(11)10-5-3-4-6-12(10)25(18,23)24/h3-6,9H,7-8H2,1-2H3,(H,21,22). The number of benzene rings is 1. The minimum Gasteiger partial charge on any atom is -0.476 e. The highest BCUT2D eigenvalue weighted by Gasteiger charge is 2.36. The van der Waals surface area contributed by atoms with Gasteiger partial charge in [-0.2, -0.15) is 4.31 Å². The molecular weight excluding hydrogens is 348 g/mol. The van der Waals surface area contributed by atoms with Gasteiger partial charge in [0.25, 0.3) is 0 Å². The summed E-state index contributed by atoms with van der Waals surface area (Å²) >= 11 is 0. The Balaban J connectivity index is 2.23. The lowest BCUT2D eigenvalue weighted by atomic mass is 10.2. The Hall–Kier alpha value is -2.72. The van der Waals surface area contributed by atoms with Gasteiger partial charge in [0.05, 0.1) is 24.5 Å². The van der Waals surface area contributed by atoms with E-state index in [4.69, 9.17) is 0 Å². The fourth-order valence-corrected chi connectivity index (χ4v) is 4.14. The Morgan fingerprint density at radius 3 is 2.60 bits per heavy atom. The molecule has 3 rings (SSSR count). The maximum Gasteiger partial charge on any atom is 0.356 e. The van der Waals surface area contributed by atoms with Crippen LogP contribution < -0.4 is 0 Å². The molecule has 0 atom stereocenters. The number of hydrogen-bond acceptors (Lipinski definition) is 5. The zero-order valence-corrected chi connectivity index (χ0v) is 14.4. The maximum atomic E-state index is 13.0. The van der Waals surface area contributed by atoms with Crippen molar-refractivity contribution in [3.05, 3.63) is 42.0 Å². The summed E-state index contributed by atoms with van der Waals surface area (Å²) in [4.78, 5) is 28.7. The second-order valence-electron chi connectivity index (χ2n) is 5.74. The Kier molecular flexibility index (Phi) is 4.09. The monoisotopic (exact) mass is 364 g/mol. The zero-order chi connectivity index (χ0) is 18.4. The number of fused-ring (bicyclic) bond motifs is 3. The lowest BCUT2D eigenvalue weighted by Crippen LogP contribution is -2.39. The first-order valence-corrected chi connectivity index (χ1v) is 8.76. The van der Waals surface area contributed by atoms with Crippen LogP contribution in [0, 0.1) is 0 Å². The van der Waals surface area contributed by atoms with Crippen LogP contribution in [-0.4, -0.2) is 64.8 Å². The van der Waals surface area contributed by atoms with E-state index >= 15 is 0 Å². The number of aromatic carboxylic acids is 1. The van der Waals surface area contributed by atoms with Crippen molar-refractivity contribution in [3.63, 3.8) is 0 Å². The summed E-state index contributed by atoms with van der Waals surface area (Å²) in [6.45, 7) is -0.661. The van der Waals surface area contributed by atoms with Gasteiger partial charge in [-0.15, -0.1) is 0 Å². The minimum atomic E-state index is -3.98. The number of rotatable bonds is 3. The fourth-order valence-electron chi connectivity index (χ4n) is 2.61. The van der Waals surface area contributed by atoms with E-state index < -0.39 is 28.4 Å². The highest BCUT2D eigenvalue weighted by atomic mass is 32.2. The van der Waals surface area contributed by atoms with Gasteiger partial charge in [-0.1, -0.05) is 12.1 Å². The summed E-state index contributed by atoms with van der Waals surface area (Å²) in [6, 6.07) is 6.22. The molecule has 0 aliphatic carbocycles. The summed E-state index contributed by atoms with van der Waals surface area (Å²) in [5.74, 6) is -1.67. The molecule has 0 radical (unpaired) electrons. The molecule has 0 spiro atoms.